The number of hydrogen-bond acceptors (Lipinski definition) is 10. The maximum Gasteiger partial charge on any atom is 0.259 e. The van der Waals surface area contributed by atoms with Crippen LogP contribution in [0.5, 0.6) is 23.0 Å². The van der Waals surface area contributed by atoms with Crippen molar-refractivity contribution in [2.24, 2.45) is 0 Å². The van der Waals surface area contributed by atoms with Crippen molar-refractivity contribution in [3.63, 3.8) is 0 Å². The lowest BCUT2D eigenvalue weighted by atomic mass is 9.86. The first kappa shape index (κ1) is 51.1. The molecule has 0 radical (unpaired) electrons. The molecule has 0 aromatic heterocycles. The number of benzene rings is 7. The summed E-state index contributed by atoms with van der Waals surface area (Å²) >= 11 is 0. The first-order valence-corrected chi connectivity index (χ1v) is 25.8. The standard InChI is InChI=1S/C55H52N4O10S2/c1-2-3-34-48(51(61)38-57-71(66,67)43-29-17-8-18-30-43)58-55(63)46-33-20-35-49(53(46)69-41-25-13-6-14-26-41)59-54(62)45-32-19-31-44(52(45)68-40-23-11-5-12-24-40)47(36-39-21-9-4-10-22-39)50(60)37-56-70(64,65)42-27-15-7-16-28-42/h4-33,35,47-48,56-57H,2-3,34,36-38H2,1H3,(H,58,63)(H,59,62)/t47-,48?/m0/s1. The molecule has 364 valence electrons. The van der Waals surface area contributed by atoms with Crippen molar-refractivity contribution in [3.05, 3.63) is 210 Å². The zero-order valence-corrected chi connectivity index (χ0v) is 40.3. The molecule has 0 saturated heterocycles. The van der Waals surface area contributed by atoms with E-state index in [2.05, 4.69) is 20.1 Å². The molecule has 0 aliphatic rings. The van der Waals surface area contributed by atoms with Crippen LogP contribution in [0.25, 0.3) is 0 Å². The number of unbranched alkanes of at least 4 members (excludes halogenated alkanes) is 1. The van der Waals surface area contributed by atoms with Gasteiger partial charge in [0.1, 0.15) is 17.2 Å². The summed E-state index contributed by atoms with van der Waals surface area (Å²) in [5, 5.41) is 5.68. The number of sulfonamides is 2. The van der Waals surface area contributed by atoms with E-state index in [1.807, 2.05) is 37.3 Å². The molecule has 7 aromatic rings. The number of rotatable bonds is 24. The van der Waals surface area contributed by atoms with E-state index in [1.54, 1.807) is 109 Å². The van der Waals surface area contributed by atoms with Crippen LogP contribution in [0.15, 0.2) is 198 Å². The molecule has 16 heteroatoms. The average molecular weight is 993 g/mol. The maximum absolute atomic E-state index is 14.8. The summed E-state index contributed by atoms with van der Waals surface area (Å²) in [7, 11) is -8.11. The summed E-state index contributed by atoms with van der Waals surface area (Å²) in [4.78, 5) is 57.3. The lowest BCUT2D eigenvalue weighted by molar-refractivity contribution is -0.120. The number of ether oxygens (including phenoxy) is 2. The lowest BCUT2D eigenvalue weighted by Gasteiger charge is -2.23. The van der Waals surface area contributed by atoms with Crippen LogP contribution in [0.2, 0.25) is 0 Å². The van der Waals surface area contributed by atoms with E-state index in [9.17, 15) is 36.0 Å². The summed E-state index contributed by atoms with van der Waals surface area (Å²) in [5.41, 5.74) is 1.07. The van der Waals surface area contributed by atoms with Gasteiger partial charge in [-0.05, 0) is 85.1 Å². The highest BCUT2D eigenvalue weighted by Crippen LogP contribution is 2.39. The number of amides is 2. The van der Waals surface area contributed by atoms with Gasteiger partial charge >= 0.3 is 0 Å². The number of hydrogen-bond donors (Lipinski definition) is 4. The van der Waals surface area contributed by atoms with Gasteiger partial charge < -0.3 is 20.1 Å². The van der Waals surface area contributed by atoms with Gasteiger partial charge in [-0.1, -0.05) is 141 Å². The van der Waals surface area contributed by atoms with Gasteiger partial charge in [-0.15, -0.1) is 0 Å². The van der Waals surface area contributed by atoms with Crippen LogP contribution in [0.3, 0.4) is 0 Å². The van der Waals surface area contributed by atoms with Crippen molar-refractivity contribution in [2.45, 2.75) is 54.4 Å². The number of nitrogens with one attached hydrogen (secondary N) is 4. The molecule has 0 bridgehead atoms. The van der Waals surface area contributed by atoms with Crippen molar-refractivity contribution in [1.82, 2.24) is 14.8 Å². The van der Waals surface area contributed by atoms with Crippen LogP contribution < -0.4 is 29.6 Å². The first-order chi connectivity index (χ1) is 34.3. The maximum atomic E-state index is 14.8. The zero-order valence-electron chi connectivity index (χ0n) is 38.7. The van der Waals surface area contributed by atoms with Crippen LogP contribution in [-0.2, 0) is 36.1 Å². The van der Waals surface area contributed by atoms with Crippen molar-refractivity contribution in [2.75, 3.05) is 18.4 Å². The van der Waals surface area contributed by atoms with Crippen LogP contribution in [0, 0.1) is 0 Å². The number of Topliss-reactive ketones (excluding diaryl/α,β-unsaturated/α-hetero) is 2. The molecule has 0 fully saturated rings. The molecular formula is C55H52N4O10S2. The Morgan fingerprint density at radius 2 is 0.972 bits per heavy atom. The summed E-state index contributed by atoms with van der Waals surface area (Å²) < 4.78 is 70.2. The minimum absolute atomic E-state index is 0.00854. The summed E-state index contributed by atoms with van der Waals surface area (Å²) in [6.07, 6.45) is 1.56. The Labute approximate surface area is 413 Å². The molecule has 4 N–H and O–H groups in total. The quantitative estimate of drug-likeness (QED) is 0.0452. The third kappa shape index (κ3) is 13.7. The van der Waals surface area contributed by atoms with E-state index in [0.29, 0.717) is 29.9 Å². The molecular weight excluding hydrogens is 941 g/mol. The van der Waals surface area contributed by atoms with Gasteiger partial charge in [0.25, 0.3) is 11.8 Å². The predicted molar refractivity (Wildman–Crippen MR) is 271 cm³/mol. The molecule has 14 nitrogen and oxygen atoms in total. The van der Waals surface area contributed by atoms with Gasteiger partial charge in [0.15, 0.2) is 17.3 Å². The summed E-state index contributed by atoms with van der Waals surface area (Å²) in [6, 6.07) is 49.9. The molecule has 2 amide bonds. The Balaban J connectivity index is 1.23. The highest BCUT2D eigenvalue weighted by Gasteiger charge is 2.31. The number of ketones is 2. The highest BCUT2D eigenvalue weighted by atomic mass is 32.2. The normalized spacial score (nSPS) is 12.2. The molecule has 0 saturated carbocycles. The second kappa shape index (κ2) is 24.2. The smallest absolute Gasteiger partial charge is 0.259 e. The van der Waals surface area contributed by atoms with Crippen LogP contribution in [-0.4, -0.2) is 59.3 Å². The van der Waals surface area contributed by atoms with E-state index in [-0.39, 0.29) is 50.9 Å². The molecule has 71 heavy (non-hydrogen) atoms. The second-order valence-electron chi connectivity index (χ2n) is 16.3. The van der Waals surface area contributed by atoms with Crippen LogP contribution >= 0.6 is 0 Å². The van der Waals surface area contributed by atoms with Gasteiger partial charge in [-0.25, -0.2) is 26.3 Å². The van der Waals surface area contributed by atoms with Gasteiger partial charge in [-0.3, -0.25) is 19.2 Å². The fourth-order valence-electron chi connectivity index (χ4n) is 7.60. The van der Waals surface area contributed by atoms with Crippen LogP contribution in [0.4, 0.5) is 5.69 Å². The third-order valence-corrected chi connectivity index (χ3v) is 14.1. The van der Waals surface area contributed by atoms with Gasteiger partial charge in [0.2, 0.25) is 20.0 Å². The van der Waals surface area contributed by atoms with Gasteiger partial charge in [0.05, 0.1) is 51.7 Å². The predicted octanol–water partition coefficient (Wildman–Crippen LogP) is 9.23. The fraction of sp³-hybridized carbons (Fsp3) is 0.164. The Bertz CT molecular complexity index is 3160. The Kier molecular flexibility index (Phi) is 17.4. The molecule has 2 atom stereocenters. The molecule has 0 aliphatic heterocycles. The minimum atomic E-state index is -4.08. The molecule has 0 spiro atoms. The van der Waals surface area contributed by atoms with E-state index in [4.69, 9.17) is 9.47 Å². The first-order valence-electron chi connectivity index (χ1n) is 22.9. The Morgan fingerprint density at radius 1 is 0.507 bits per heavy atom. The van der Waals surface area contributed by atoms with Crippen molar-refractivity contribution in [1.29, 1.82) is 0 Å². The number of carbonyl (C=O) groups is 4. The van der Waals surface area contributed by atoms with Gasteiger partial charge in [0, 0.05) is 5.56 Å². The Hall–Kier alpha value is -7.76. The minimum Gasteiger partial charge on any atom is -0.456 e. The third-order valence-electron chi connectivity index (χ3n) is 11.3. The van der Waals surface area contributed by atoms with E-state index >= 15 is 0 Å². The fourth-order valence-corrected chi connectivity index (χ4v) is 9.63. The SMILES string of the molecule is CCCCC(NC(=O)c1cccc(NC(=O)c2cccc([C@H](Cc3ccccc3)C(=O)CNS(=O)(=O)c3ccccc3)c2Oc2ccccc2)c1Oc1ccccc1)C(=O)CNS(=O)(=O)c1ccccc1. The topological polar surface area (TPSA) is 203 Å². The molecule has 1 unspecified atom stereocenters. The molecule has 0 aliphatic carbocycles. The zero-order chi connectivity index (χ0) is 50.2. The van der Waals surface area contributed by atoms with Crippen LogP contribution in [0.1, 0.15) is 63.9 Å². The summed E-state index contributed by atoms with van der Waals surface area (Å²) in [5.74, 6) is -2.91. The molecule has 7 aromatic carbocycles. The Morgan fingerprint density at radius 3 is 1.51 bits per heavy atom. The molecule has 0 heterocycles. The lowest BCUT2D eigenvalue weighted by Crippen LogP contribution is -2.45. The summed E-state index contributed by atoms with van der Waals surface area (Å²) in [6.45, 7) is 0.770. The van der Waals surface area contributed by atoms with Crippen molar-refractivity contribution >= 4 is 49.1 Å². The number of anilines is 1. The van der Waals surface area contributed by atoms with E-state index in [1.165, 1.54) is 48.5 Å². The highest BCUT2D eigenvalue weighted by molar-refractivity contribution is 7.89. The number of carbonyl (C=O) groups excluding carboxylic acids is 4. The second-order valence-corrected chi connectivity index (χ2v) is 19.8. The van der Waals surface area contributed by atoms with Crippen molar-refractivity contribution < 1.29 is 45.5 Å². The van der Waals surface area contributed by atoms with E-state index in [0.717, 1.165) is 5.56 Å². The number of para-hydroxylation sites is 4. The van der Waals surface area contributed by atoms with Crippen molar-refractivity contribution in [3.8, 4) is 23.0 Å². The monoisotopic (exact) mass is 992 g/mol. The van der Waals surface area contributed by atoms with E-state index < -0.39 is 68.5 Å². The average Bonchev–Trinajstić information content (AvgIpc) is 3.39. The largest absolute Gasteiger partial charge is 0.456 e. The van der Waals surface area contributed by atoms with Gasteiger partial charge in [-0.2, -0.15) is 0 Å². The molecule has 7 rings (SSSR count).